The molecule has 3 nitrogen and oxygen atoms in total. The molecule has 138 valence electrons. The lowest BCUT2D eigenvalue weighted by Gasteiger charge is -2.29. The average Bonchev–Trinajstić information content (AvgIpc) is 2.70. The van der Waals surface area contributed by atoms with Crippen LogP contribution >= 0.6 is 11.6 Å². The maximum Gasteiger partial charge on any atom is 0.251 e. The lowest BCUT2D eigenvalue weighted by atomic mass is 9.97. The highest BCUT2D eigenvalue weighted by Gasteiger charge is 2.19. The van der Waals surface area contributed by atoms with Crippen LogP contribution in [0, 0.1) is 0 Å². The van der Waals surface area contributed by atoms with Gasteiger partial charge in [-0.25, -0.2) is 0 Å². The fourth-order valence-electron chi connectivity index (χ4n) is 3.27. The predicted molar refractivity (Wildman–Crippen MR) is 111 cm³/mol. The van der Waals surface area contributed by atoms with Crippen molar-refractivity contribution in [3.63, 3.8) is 0 Å². The molecule has 0 heterocycles. The molecule has 0 aromatic heterocycles. The second-order valence-electron chi connectivity index (χ2n) is 6.56. The number of rotatable bonds is 6. The molecule has 0 saturated carbocycles. The normalized spacial score (nSPS) is 12.0. The van der Waals surface area contributed by atoms with Crippen LogP contribution in [0.15, 0.2) is 78.9 Å². The van der Waals surface area contributed by atoms with E-state index in [2.05, 4.69) is 53.7 Å². The molecule has 0 saturated heterocycles. The van der Waals surface area contributed by atoms with Crippen molar-refractivity contribution < 1.29 is 4.79 Å². The van der Waals surface area contributed by atoms with Gasteiger partial charge in [0.05, 0.1) is 6.04 Å². The minimum Gasteiger partial charge on any atom is -0.355 e. The lowest BCUT2D eigenvalue weighted by molar-refractivity contribution is 0.0963. The number of nitrogens with zero attached hydrogens (tertiary/aromatic N) is 1. The molecule has 0 radical (unpaired) electrons. The topological polar surface area (TPSA) is 32.3 Å². The van der Waals surface area contributed by atoms with Crippen molar-refractivity contribution in [1.29, 1.82) is 0 Å². The third-order valence-electron chi connectivity index (χ3n) is 4.62. The van der Waals surface area contributed by atoms with Gasteiger partial charge in [-0.1, -0.05) is 66.2 Å². The standard InChI is InChI=1S/C23H23ClN2O/c1-25-23(27)20-10-8-17(9-11-20)16-26(2)22(18-6-4-3-5-7-18)19-12-14-21(24)15-13-19/h3-15,22H,16H2,1-2H3,(H,25,27)/t22-/m1/s1. The number of benzene rings is 3. The van der Waals surface area contributed by atoms with Crippen molar-refractivity contribution in [3.05, 3.63) is 106 Å². The SMILES string of the molecule is CNC(=O)c1ccc(CN(C)[C@H](c2ccccc2)c2ccc(Cl)cc2)cc1. The smallest absolute Gasteiger partial charge is 0.251 e. The van der Waals surface area contributed by atoms with Crippen molar-refractivity contribution in [2.75, 3.05) is 14.1 Å². The Morgan fingerprint density at radius 1 is 0.926 bits per heavy atom. The largest absolute Gasteiger partial charge is 0.355 e. The van der Waals surface area contributed by atoms with E-state index < -0.39 is 0 Å². The maximum atomic E-state index is 11.7. The first-order valence-electron chi connectivity index (χ1n) is 8.90. The molecule has 0 aliphatic rings. The zero-order valence-corrected chi connectivity index (χ0v) is 16.3. The van der Waals surface area contributed by atoms with Crippen LogP contribution in [0.4, 0.5) is 0 Å². The third kappa shape index (κ3) is 4.76. The summed E-state index contributed by atoms with van der Waals surface area (Å²) in [6.45, 7) is 0.760. The molecule has 0 aliphatic heterocycles. The van der Waals surface area contributed by atoms with Crippen molar-refractivity contribution >= 4 is 17.5 Å². The summed E-state index contributed by atoms with van der Waals surface area (Å²) in [6, 6.07) is 26.3. The number of halogens is 1. The Balaban J connectivity index is 1.86. The van der Waals surface area contributed by atoms with Gasteiger partial charge in [0.2, 0.25) is 0 Å². The van der Waals surface area contributed by atoms with Gasteiger partial charge in [0, 0.05) is 24.2 Å². The van der Waals surface area contributed by atoms with Gasteiger partial charge >= 0.3 is 0 Å². The van der Waals surface area contributed by atoms with Gasteiger partial charge in [0.1, 0.15) is 0 Å². The minimum absolute atomic E-state index is 0.0711. The van der Waals surface area contributed by atoms with Crippen molar-refractivity contribution in [1.82, 2.24) is 10.2 Å². The van der Waals surface area contributed by atoms with Crippen LogP contribution < -0.4 is 5.32 Å². The molecular formula is C23H23ClN2O. The van der Waals surface area contributed by atoms with E-state index in [1.54, 1.807) is 7.05 Å². The molecule has 0 fully saturated rings. The lowest BCUT2D eigenvalue weighted by Crippen LogP contribution is -2.25. The molecule has 4 heteroatoms. The van der Waals surface area contributed by atoms with Crippen molar-refractivity contribution in [2.45, 2.75) is 12.6 Å². The van der Waals surface area contributed by atoms with Gasteiger partial charge in [-0.2, -0.15) is 0 Å². The first-order chi connectivity index (χ1) is 13.1. The van der Waals surface area contributed by atoms with Crippen LogP contribution in [0.1, 0.15) is 33.1 Å². The number of amides is 1. The Kier molecular flexibility index (Phi) is 6.28. The summed E-state index contributed by atoms with van der Waals surface area (Å²) in [6.07, 6.45) is 0. The Hall–Kier alpha value is -2.62. The van der Waals surface area contributed by atoms with Crippen LogP contribution in [0.3, 0.4) is 0 Å². The summed E-state index contributed by atoms with van der Waals surface area (Å²) < 4.78 is 0. The van der Waals surface area contributed by atoms with E-state index in [4.69, 9.17) is 11.6 Å². The van der Waals surface area contributed by atoms with Crippen LogP contribution in [-0.4, -0.2) is 24.9 Å². The van der Waals surface area contributed by atoms with Gasteiger partial charge < -0.3 is 5.32 Å². The molecule has 1 amide bonds. The van der Waals surface area contributed by atoms with Crippen molar-refractivity contribution in [2.24, 2.45) is 0 Å². The molecule has 1 N–H and O–H groups in total. The number of carbonyl (C=O) groups is 1. The number of nitrogens with one attached hydrogen (secondary N) is 1. The van der Waals surface area contributed by atoms with Gasteiger partial charge in [0.25, 0.3) is 5.91 Å². The van der Waals surface area contributed by atoms with E-state index in [-0.39, 0.29) is 11.9 Å². The van der Waals surface area contributed by atoms with Crippen LogP contribution in [0.5, 0.6) is 0 Å². The Morgan fingerprint density at radius 2 is 1.52 bits per heavy atom. The van der Waals surface area contributed by atoms with E-state index in [1.807, 2.05) is 42.5 Å². The molecule has 0 spiro atoms. The van der Waals surface area contributed by atoms with Crippen LogP contribution in [-0.2, 0) is 6.54 Å². The second-order valence-corrected chi connectivity index (χ2v) is 6.99. The Labute approximate surface area is 165 Å². The number of hydrogen-bond acceptors (Lipinski definition) is 2. The maximum absolute atomic E-state index is 11.7. The number of carbonyl (C=O) groups excluding carboxylic acids is 1. The minimum atomic E-state index is -0.0711. The fraction of sp³-hybridized carbons (Fsp3) is 0.174. The number of hydrogen-bond donors (Lipinski definition) is 1. The molecular weight excluding hydrogens is 356 g/mol. The monoisotopic (exact) mass is 378 g/mol. The Morgan fingerprint density at radius 3 is 2.11 bits per heavy atom. The summed E-state index contributed by atoms with van der Waals surface area (Å²) in [5.41, 5.74) is 4.24. The summed E-state index contributed by atoms with van der Waals surface area (Å²) in [5, 5.41) is 3.38. The molecule has 3 aromatic rings. The van der Waals surface area contributed by atoms with Gasteiger partial charge in [-0.3, -0.25) is 9.69 Å². The summed E-state index contributed by atoms with van der Waals surface area (Å²) in [7, 11) is 3.75. The molecule has 27 heavy (non-hydrogen) atoms. The first kappa shape index (κ1) is 19.2. The van der Waals surface area contributed by atoms with E-state index >= 15 is 0 Å². The van der Waals surface area contributed by atoms with Crippen LogP contribution in [0.2, 0.25) is 5.02 Å². The summed E-state index contributed by atoms with van der Waals surface area (Å²) in [4.78, 5) is 14.0. The Bertz CT molecular complexity index is 877. The second kappa shape index (κ2) is 8.85. The summed E-state index contributed by atoms with van der Waals surface area (Å²) >= 11 is 6.08. The molecule has 0 bridgehead atoms. The van der Waals surface area contributed by atoms with Gasteiger partial charge in [-0.05, 0) is 48.0 Å². The van der Waals surface area contributed by atoms with E-state index in [9.17, 15) is 4.79 Å². The molecule has 0 aliphatic carbocycles. The molecule has 3 aromatic carbocycles. The van der Waals surface area contributed by atoms with E-state index in [1.165, 1.54) is 11.1 Å². The quantitative estimate of drug-likeness (QED) is 0.660. The highest BCUT2D eigenvalue weighted by Crippen LogP contribution is 2.29. The zero-order chi connectivity index (χ0) is 19.2. The summed E-state index contributed by atoms with van der Waals surface area (Å²) in [5.74, 6) is -0.0711. The highest BCUT2D eigenvalue weighted by molar-refractivity contribution is 6.30. The first-order valence-corrected chi connectivity index (χ1v) is 9.28. The van der Waals surface area contributed by atoms with Crippen LogP contribution in [0.25, 0.3) is 0 Å². The van der Waals surface area contributed by atoms with E-state index in [0.29, 0.717) is 5.56 Å². The highest BCUT2D eigenvalue weighted by atomic mass is 35.5. The molecule has 3 rings (SSSR count). The zero-order valence-electron chi connectivity index (χ0n) is 15.5. The predicted octanol–water partition coefficient (Wildman–Crippen LogP) is 4.92. The average molecular weight is 379 g/mol. The van der Waals surface area contributed by atoms with E-state index in [0.717, 1.165) is 17.1 Å². The fourth-order valence-corrected chi connectivity index (χ4v) is 3.39. The van der Waals surface area contributed by atoms with Gasteiger partial charge in [0.15, 0.2) is 0 Å². The van der Waals surface area contributed by atoms with Gasteiger partial charge in [-0.15, -0.1) is 0 Å². The molecule has 1 atom stereocenters. The van der Waals surface area contributed by atoms with Crippen molar-refractivity contribution in [3.8, 4) is 0 Å². The third-order valence-corrected chi connectivity index (χ3v) is 4.87. The molecule has 0 unspecified atom stereocenters.